The Morgan fingerprint density at radius 1 is 1.26 bits per heavy atom. The van der Waals surface area contributed by atoms with E-state index < -0.39 is 10.7 Å². The van der Waals surface area contributed by atoms with Gasteiger partial charge in [0.2, 0.25) is 0 Å². The molecule has 0 saturated carbocycles. The van der Waals surface area contributed by atoms with Crippen LogP contribution < -0.4 is 4.74 Å². The molecule has 0 atom stereocenters. The van der Waals surface area contributed by atoms with Crippen LogP contribution in [0.15, 0.2) is 46.9 Å². The molecule has 0 heterocycles. The van der Waals surface area contributed by atoms with E-state index in [2.05, 4.69) is 15.9 Å². The zero-order valence-corrected chi connectivity index (χ0v) is 11.3. The van der Waals surface area contributed by atoms with E-state index in [1.54, 1.807) is 18.2 Å². The second-order valence-electron chi connectivity index (χ2n) is 3.79. The number of hydrogen-bond acceptors (Lipinski definition) is 3. The molecule has 0 N–H and O–H groups in total. The number of rotatable bonds is 4. The van der Waals surface area contributed by atoms with Crippen LogP contribution in [0.4, 0.5) is 10.1 Å². The Morgan fingerprint density at radius 3 is 2.74 bits per heavy atom. The third kappa shape index (κ3) is 3.51. The van der Waals surface area contributed by atoms with Crippen LogP contribution in [-0.4, -0.2) is 4.92 Å². The summed E-state index contributed by atoms with van der Waals surface area (Å²) in [5, 5.41) is 10.6. The molecule has 6 heteroatoms. The Hall–Kier alpha value is -1.95. The first kappa shape index (κ1) is 13.5. The van der Waals surface area contributed by atoms with Crippen molar-refractivity contribution in [2.24, 2.45) is 0 Å². The van der Waals surface area contributed by atoms with Crippen LogP contribution in [0.2, 0.25) is 0 Å². The fourth-order valence-corrected chi connectivity index (χ4v) is 1.85. The van der Waals surface area contributed by atoms with Crippen LogP contribution in [0.5, 0.6) is 5.75 Å². The Labute approximate surface area is 117 Å². The molecule has 2 aromatic rings. The zero-order chi connectivity index (χ0) is 13.8. The molecule has 0 bridgehead atoms. The summed E-state index contributed by atoms with van der Waals surface area (Å²) in [5.74, 6) is -0.380. The topological polar surface area (TPSA) is 52.4 Å². The van der Waals surface area contributed by atoms with E-state index in [-0.39, 0.29) is 18.0 Å². The molecule has 0 aliphatic rings. The highest BCUT2D eigenvalue weighted by Crippen LogP contribution is 2.23. The van der Waals surface area contributed by atoms with E-state index in [1.807, 2.05) is 0 Å². The fourth-order valence-electron chi connectivity index (χ4n) is 1.51. The number of nitrogens with zero attached hydrogens (tertiary/aromatic N) is 1. The van der Waals surface area contributed by atoms with Crippen molar-refractivity contribution in [1.82, 2.24) is 0 Å². The van der Waals surface area contributed by atoms with E-state index in [0.29, 0.717) is 10.0 Å². The summed E-state index contributed by atoms with van der Waals surface area (Å²) < 4.78 is 19.4. The third-order valence-corrected chi connectivity index (χ3v) is 2.90. The van der Waals surface area contributed by atoms with Crippen molar-refractivity contribution >= 4 is 21.6 Å². The first-order valence-electron chi connectivity index (χ1n) is 5.37. The average molecular weight is 326 g/mol. The minimum Gasteiger partial charge on any atom is -0.486 e. The highest BCUT2D eigenvalue weighted by atomic mass is 79.9. The van der Waals surface area contributed by atoms with Crippen molar-refractivity contribution in [3.8, 4) is 5.75 Å². The van der Waals surface area contributed by atoms with Crippen molar-refractivity contribution in [3.05, 3.63) is 68.4 Å². The minimum absolute atomic E-state index is 0.0163. The Bertz CT molecular complexity index is 619. The van der Waals surface area contributed by atoms with Gasteiger partial charge in [-0.3, -0.25) is 10.1 Å². The minimum atomic E-state index is -0.486. The lowest BCUT2D eigenvalue weighted by Gasteiger charge is -2.07. The fraction of sp³-hybridized carbons (Fsp3) is 0.0769. The second-order valence-corrected chi connectivity index (χ2v) is 4.71. The molecule has 0 amide bonds. The van der Waals surface area contributed by atoms with Gasteiger partial charge < -0.3 is 4.74 Å². The van der Waals surface area contributed by atoms with Gasteiger partial charge in [-0.25, -0.2) is 4.39 Å². The summed E-state index contributed by atoms with van der Waals surface area (Å²) in [6.07, 6.45) is 0. The van der Waals surface area contributed by atoms with Gasteiger partial charge in [-0.1, -0.05) is 28.1 Å². The van der Waals surface area contributed by atoms with Crippen molar-refractivity contribution in [1.29, 1.82) is 0 Å². The molecule has 0 spiro atoms. The molecule has 0 unspecified atom stereocenters. The SMILES string of the molecule is O=[N+]([O-])c1cccc(COc2ccc(Br)cc2F)c1. The predicted octanol–water partition coefficient (Wildman–Crippen LogP) is 4.08. The van der Waals surface area contributed by atoms with Crippen molar-refractivity contribution in [3.63, 3.8) is 0 Å². The predicted molar refractivity (Wildman–Crippen MR) is 71.5 cm³/mol. The number of ether oxygens (including phenoxy) is 1. The van der Waals surface area contributed by atoms with E-state index >= 15 is 0 Å². The summed E-state index contributed by atoms with van der Waals surface area (Å²) in [6, 6.07) is 10.5. The molecule has 0 aliphatic carbocycles. The standard InChI is InChI=1S/C13H9BrFNO3/c14-10-4-5-13(12(15)7-10)19-8-9-2-1-3-11(6-9)16(17)18/h1-7H,8H2. The van der Waals surface area contributed by atoms with Gasteiger partial charge >= 0.3 is 0 Å². The van der Waals surface area contributed by atoms with Gasteiger partial charge in [0.1, 0.15) is 6.61 Å². The maximum absolute atomic E-state index is 13.5. The van der Waals surface area contributed by atoms with Gasteiger partial charge in [0.25, 0.3) is 5.69 Å². The van der Waals surface area contributed by atoms with Gasteiger partial charge in [0.15, 0.2) is 11.6 Å². The third-order valence-electron chi connectivity index (χ3n) is 2.41. The van der Waals surface area contributed by atoms with E-state index in [0.717, 1.165) is 0 Å². The van der Waals surface area contributed by atoms with Gasteiger partial charge in [-0.2, -0.15) is 0 Å². The van der Waals surface area contributed by atoms with Crippen LogP contribution >= 0.6 is 15.9 Å². The van der Waals surface area contributed by atoms with Crippen LogP contribution in [0, 0.1) is 15.9 Å². The Morgan fingerprint density at radius 2 is 2.05 bits per heavy atom. The van der Waals surface area contributed by atoms with E-state index in [9.17, 15) is 14.5 Å². The van der Waals surface area contributed by atoms with Crippen LogP contribution in [0.25, 0.3) is 0 Å². The maximum Gasteiger partial charge on any atom is 0.269 e. The van der Waals surface area contributed by atoms with Gasteiger partial charge in [-0.15, -0.1) is 0 Å². The Balaban J connectivity index is 2.10. The summed E-state index contributed by atoms with van der Waals surface area (Å²) >= 11 is 3.15. The molecular formula is C13H9BrFNO3. The molecule has 2 rings (SSSR count). The second kappa shape index (κ2) is 5.79. The summed E-state index contributed by atoms with van der Waals surface area (Å²) in [5.41, 5.74) is 0.592. The van der Waals surface area contributed by atoms with Gasteiger partial charge in [-0.05, 0) is 23.8 Å². The van der Waals surface area contributed by atoms with Crippen LogP contribution in [0.3, 0.4) is 0 Å². The monoisotopic (exact) mass is 325 g/mol. The molecule has 0 saturated heterocycles. The molecular weight excluding hydrogens is 317 g/mol. The largest absolute Gasteiger partial charge is 0.486 e. The number of benzene rings is 2. The Kier molecular flexibility index (Phi) is 4.11. The quantitative estimate of drug-likeness (QED) is 0.628. The van der Waals surface area contributed by atoms with Crippen molar-refractivity contribution in [2.75, 3.05) is 0 Å². The smallest absolute Gasteiger partial charge is 0.269 e. The average Bonchev–Trinajstić information content (AvgIpc) is 2.38. The van der Waals surface area contributed by atoms with Gasteiger partial charge in [0, 0.05) is 16.6 Å². The molecule has 4 nitrogen and oxygen atoms in total. The normalized spacial score (nSPS) is 10.2. The lowest BCUT2D eigenvalue weighted by molar-refractivity contribution is -0.384. The van der Waals surface area contributed by atoms with Crippen LogP contribution in [-0.2, 0) is 6.61 Å². The molecule has 0 fully saturated rings. The number of nitro groups is 1. The first-order chi connectivity index (χ1) is 9.06. The zero-order valence-electron chi connectivity index (χ0n) is 9.68. The molecule has 0 radical (unpaired) electrons. The molecule has 2 aromatic carbocycles. The maximum atomic E-state index is 13.5. The summed E-state index contributed by atoms with van der Waals surface area (Å²) in [7, 11) is 0. The lowest BCUT2D eigenvalue weighted by Crippen LogP contribution is -1.98. The number of halogens is 2. The molecule has 0 aliphatic heterocycles. The number of nitro benzene ring substituents is 1. The molecule has 19 heavy (non-hydrogen) atoms. The molecule has 0 aromatic heterocycles. The lowest BCUT2D eigenvalue weighted by atomic mass is 10.2. The van der Waals surface area contributed by atoms with Gasteiger partial charge in [0.05, 0.1) is 4.92 Å². The van der Waals surface area contributed by atoms with Crippen molar-refractivity contribution in [2.45, 2.75) is 6.61 Å². The number of hydrogen-bond donors (Lipinski definition) is 0. The highest BCUT2D eigenvalue weighted by Gasteiger charge is 2.08. The van der Waals surface area contributed by atoms with Crippen LogP contribution in [0.1, 0.15) is 5.56 Å². The molecule has 98 valence electrons. The van der Waals surface area contributed by atoms with E-state index in [4.69, 9.17) is 4.74 Å². The summed E-state index contributed by atoms with van der Waals surface area (Å²) in [4.78, 5) is 10.1. The summed E-state index contributed by atoms with van der Waals surface area (Å²) in [6.45, 7) is 0.0697. The van der Waals surface area contributed by atoms with E-state index in [1.165, 1.54) is 24.3 Å². The highest BCUT2D eigenvalue weighted by molar-refractivity contribution is 9.10. The van der Waals surface area contributed by atoms with Crippen molar-refractivity contribution < 1.29 is 14.1 Å². The first-order valence-corrected chi connectivity index (χ1v) is 6.17. The number of non-ortho nitro benzene ring substituents is 1.